The van der Waals surface area contributed by atoms with Gasteiger partial charge in [0.15, 0.2) is 5.58 Å². The molecule has 13 heavy (non-hydrogen) atoms. The van der Waals surface area contributed by atoms with E-state index in [1.165, 1.54) is 5.56 Å². The Morgan fingerprint density at radius 2 is 2.31 bits per heavy atom. The average molecular weight is 177 g/mol. The molecule has 2 rings (SSSR count). The number of ether oxygens (including phenoxy) is 1. The van der Waals surface area contributed by atoms with Gasteiger partial charge in [0, 0.05) is 0 Å². The summed E-state index contributed by atoms with van der Waals surface area (Å²) in [6.45, 7) is 2.11. The molecule has 0 radical (unpaired) electrons. The molecule has 1 aromatic carbocycles. The third-order valence-corrected chi connectivity index (χ3v) is 2.02. The van der Waals surface area contributed by atoms with E-state index in [1.807, 2.05) is 18.2 Å². The highest BCUT2D eigenvalue weighted by atomic mass is 16.6. The zero-order valence-electron chi connectivity index (χ0n) is 7.70. The Kier molecular flexibility index (Phi) is 1.93. The van der Waals surface area contributed by atoms with Crippen LogP contribution >= 0.6 is 0 Å². The molecule has 0 amide bonds. The summed E-state index contributed by atoms with van der Waals surface area (Å²) in [5, 5.41) is 0. The number of methoxy groups -OCH3 is 1. The largest absolute Gasteiger partial charge is 0.453 e. The van der Waals surface area contributed by atoms with E-state index in [2.05, 4.69) is 11.9 Å². The molecule has 0 saturated heterocycles. The molecule has 3 heteroatoms. The maximum atomic E-state index is 5.33. The maximum absolute atomic E-state index is 5.33. The fraction of sp³-hybridized carbons (Fsp3) is 0.300. The molecule has 68 valence electrons. The predicted octanol–water partition coefficient (Wildman–Crippen LogP) is 2.40. The molecule has 0 atom stereocenters. The maximum Gasteiger partial charge on any atom is 0.394 e. The minimum absolute atomic E-state index is 0.322. The number of hydrogen-bond donors (Lipinski definition) is 0. The second kappa shape index (κ2) is 3.09. The smallest absolute Gasteiger partial charge is 0.394 e. The second-order valence-electron chi connectivity index (χ2n) is 2.84. The van der Waals surface area contributed by atoms with Crippen LogP contribution < -0.4 is 4.74 Å². The summed E-state index contributed by atoms with van der Waals surface area (Å²) in [5.41, 5.74) is 2.87. The van der Waals surface area contributed by atoms with Crippen molar-refractivity contribution in [2.24, 2.45) is 0 Å². The molecule has 0 saturated carbocycles. The Labute approximate surface area is 76.3 Å². The Balaban J connectivity index is 2.57. The number of benzene rings is 1. The molecule has 0 N–H and O–H groups in total. The fourth-order valence-electron chi connectivity index (χ4n) is 1.26. The molecular formula is C10H11NO2. The molecular weight excluding hydrogens is 166 g/mol. The number of hydrogen-bond acceptors (Lipinski definition) is 3. The molecule has 0 aliphatic heterocycles. The van der Waals surface area contributed by atoms with E-state index in [0.717, 1.165) is 17.5 Å². The molecule has 0 aliphatic rings. The van der Waals surface area contributed by atoms with Gasteiger partial charge in [-0.05, 0) is 24.1 Å². The third kappa shape index (κ3) is 1.37. The molecule has 0 fully saturated rings. The summed E-state index contributed by atoms with van der Waals surface area (Å²) in [5.74, 6) is 0. The number of aryl methyl sites for hydroxylation is 1. The van der Waals surface area contributed by atoms with Crippen molar-refractivity contribution >= 4 is 11.1 Å². The molecule has 2 aromatic rings. The van der Waals surface area contributed by atoms with Crippen molar-refractivity contribution < 1.29 is 9.15 Å². The van der Waals surface area contributed by atoms with Gasteiger partial charge in [0.2, 0.25) is 0 Å². The monoisotopic (exact) mass is 177 g/mol. The SMILES string of the molecule is CCc1ccc2nc(OC)oc2c1. The van der Waals surface area contributed by atoms with Crippen LogP contribution in [0, 0.1) is 0 Å². The lowest BCUT2D eigenvalue weighted by molar-refractivity contribution is 0.299. The van der Waals surface area contributed by atoms with Gasteiger partial charge in [-0.25, -0.2) is 0 Å². The summed E-state index contributed by atoms with van der Waals surface area (Å²) in [4.78, 5) is 4.12. The van der Waals surface area contributed by atoms with Crippen molar-refractivity contribution in [3.05, 3.63) is 23.8 Å². The Bertz CT molecular complexity index is 418. The number of oxazole rings is 1. The van der Waals surface area contributed by atoms with Gasteiger partial charge < -0.3 is 9.15 Å². The van der Waals surface area contributed by atoms with Gasteiger partial charge in [0.25, 0.3) is 0 Å². The minimum atomic E-state index is 0.322. The first-order chi connectivity index (χ1) is 6.33. The van der Waals surface area contributed by atoms with Crippen molar-refractivity contribution in [2.75, 3.05) is 7.11 Å². The summed E-state index contributed by atoms with van der Waals surface area (Å²) in [6.07, 6.45) is 1.32. The lowest BCUT2D eigenvalue weighted by Gasteiger charge is -1.92. The zero-order valence-corrected chi connectivity index (χ0v) is 7.70. The molecule has 0 bridgehead atoms. The predicted molar refractivity (Wildman–Crippen MR) is 49.9 cm³/mol. The van der Waals surface area contributed by atoms with E-state index >= 15 is 0 Å². The van der Waals surface area contributed by atoms with Crippen LogP contribution in [-0.4, -0.2) is 12.1 Å². The van der Waals surface area contributed by atoms with Crippen molar-refractivity contribution in [3.8, 4) is 6.08 Å². The molecule has 3 nitrogen and oxygen atoms in total. The van der Waals surface area contributed by atoms with Crippen LogP contribution in [-0.2, 0) is 6.42 Å². The van der Waals surface area contributed by atoms with Gasteiger partial charge >= 0.3 is 6.08 Å². The van der Waals surface area contributed by atoms with E-state index in [0.29, 0.717) is 6.08 Å². The highest BCUT2D eigenvalue weighted by Crippen LogP contribution is 2.21. The average Bonchev–Trinajstić information content (AvgIpc) is 2.58. The Morgan fingerprint density at radius 3 is 3.00 bits per heavy atom. The highest BCUT2D eigenvalue weighted by molar-refractivity contribution is 5.73. The van der Waals surface area contributed by atoms with Crippen LogP contribution in [0.25, 0.3) is 11.1 Å². The van der Waals surface area contributed by atoms with Gasteiger partial charge in [-0.1, -0.05) is 13.0 Å². The van der Waals surface area contributed by atoms with Crippen molar-refractivity contribution in [2.45, 2.75) is 13.3 Å². The normalized spacial score (nSPS) is 10.6. The van der Waals surface area contributed by atoms with Gasteiger partial charge in [-0.15, -0.1) is 0 Å². The van der Waals surface area contributed by atoms with Crippen LogP contribution in [0.15, 0.2) is 22.6 Å². The first-order valence-corrected chi connectivity index (χ1v) is 4.27. The summed E-state index contributed by atoms with van der Waals surface area (Å²) in [6, 6.07) is 5.98. The van der Waals surface area contributed by atoms with E-state index in [1.54, 1.807) is 7.11 Å². The number of rotatable bonds is 2. The molecule has 1 aromatic heterocycles. The van der Waals surface area contributed by atoms with Crippen molar-refractivity contribution in [1.29, 1.82) is 0 Å². The van der Waals surface area contributed by atoms with Crippen molar-refractivity contribution in [1.82, 2.24) is 4.98 Å². The molecule has 0 spiro atoms. The third-order valence-electron chi connectivity index (χ3n) is 2.02. The Morgan fingerprint density at radius 1 is 1.46 bits per heavy atom. The van der Waals surface area contributed by atoms with Crippen LogP contribution in [0.5, 0.6) is 6.08 Å². The van der Waals surface area contributed by atoms with E-state index in [4.69, 9.17) is 9.15 Å². The van der Waals surface area contributed by atoms with Crippen LogP contribution in [0.3, 0.4) is 0 Å². The summed E-state index contributed by atoms with van der Waals surface area (Å²) >= 11 is 0. The molecule has 0 unspecified atom stereocenters. The number of nitrogens with zero attached hydrogens (tertiary/aromatic N) is 1. The lowest BCUT2D eigenvalue weighted by Crippen LogP contribution is -1.79. The topological polar surface area (TPSA) is 35.3 Å². The van der Waals surface area contributed by atoms with E-state index in [-0.39, 0.29) is 0 Å². The molecule has 0 aliphatic carbocycles. The summed E-state index contributed by atoms with van der Waals surface area (Å²) < 4.78 is 10.2. The van der Waals surface area contributed by atoms with Crippen LogP contribution in [0.4, 0.5) is 0 Å². The highest BCUT2D eigenvalue weighted by Gasteiger charge is 2.04. The van der Waals surface area contributed by atoms with Gasteiger partial charge in [-0.2, -0.15) is 4.98 Å². The number of fused-ring (bicyclic) bond motifs is 1. The zero-order chi connectivity index (χ0) is 9.26. The van der Waals surface area contributed by atoms with Gasteiger partial charge in [0.1, 0.15) is 5.52 Å². The first kappa shape index (κ1) is 8.10. The fourth-order valence-corrected chi connectivity index (χ4v) is 1.26. The van der Waals surface area contributed by atoms with Crippen molar-refractivity contribution in [3.63, 3.8) is 0 Å². The van der Waals surface area contributed by atoms with Crippen LogP contribution in [0.2, 0.25) is 0 Å². The standard InChI is InChI=1S/C10H11NO2/c1-3-7-4-5-8-9(6-7)13-10(11-8)12-2/h4-6H,3H2,1-2H3. The van der Waals surface area contributed by atoms with E-state index in [9.17, 15) is 0 Å². The Hall–Kier alpha value is -1.51. The molecule has 1 heterocycles. The minimum Gasteiger partial charge on any atom is -0.453 e. The van der Waals surface area contributed by atoms with E-state index < -0.39 is 0 Å². The quantitative estimate of drug-likeness (QED) is 0.706. The van der Waals surface area contributed by atoms with Gasteiger partial charge in [-0.3, -0.25) is 0 Å². The first-order valence-electron chi connectivity index (χ1n) is 4.27. The summed E-state index contributed by atoms with van der Waals surface area (Å²) in [7, 11) is 1.55. The van der Waals surface area contributed by atoms with Crippen LogP contribution in [0.1, 0.15) is 12.5 Å². The second-order valence-corrected chi connectivity index (χ2v) is 2.84. The van der Waals surface area contributed by atoms with Gasteiger partial charge in [0.05, 0.1) is 7.11 Å². The number of aromatic nitrogens is 1. The lowest BCUT2D eigenvalue weighted by atomic mass is 10.2.